The summed E-state index contributed by atoms with van der Waals surface area (Å²) in [6.45, 7) is 6.90. The Morgan fingerprint density at radius 2 is 2.09 bits per heavy atom. The molecule has 3 aromatic heterocycles. The van der Waals surface area contributed by atoms with Crippen LogP contribution in [0.2, 0.25) is 0 Å². The predicted molar refractivity (Wildman–Crippen MR) is 137 cm³/mol. The summed E-state index contributed by atoms with van der Waals surface area (Å²) < 4.78 is 11.3. The lowest BCUT2D eigenvalue weighted by atomic mass is 10.0. The molecule has 0 bridgehead atoms. The number of aromatic amines is 1. The Kier molecular flexibility index (Phi) is 7.15. The number of aromatic nitrogens is 3. The minimum absolute atomic E-state index is 0.0771. The highest BCUT2D eigenvalue weighted by atomic mass is 79.9. The van der Waals surface area contributed by atoms with Crippen molar-refractivity contribution in [2.24, 2.45) is 0 Å². The van der Waals surface area contributed by atoms with E-state index < -0.39 is 11.7 Å². The van der Waals surface area contributed by atoms with Crippen LogP contribution < -0.4 is 20.3 Å². The van der Waals surface area contributed by atoms with Crippen LogP contribution in [0.5, 0.6) is 5.88 Å². The van der Waals surface area contributed by atoms with Crippen molar-refractivity contribution in [2.45, 2.75) is 45.3 Å². The highest BCUT2D eigenvalue weighted by Crippen LogP contribution is 2.39. The fraction of sp³-hybridized carbons (Fsp3) is 0.417. The number of nitrogens with one attached hydrogen (secondary N) is 3. The molecule has 4 heterocycles. The fourth-order valence-corrected chi connectivity index (χ4v) is 4.63. The zero-order chi connectivity index (χ0) is 25.2. The van der Waals surface area contributed by atoms with E-state index in [9.17, 15) is 9.59 Å². The van der Waals surface area contributed by atoms with Crippen LogP contribution in [0, 0.1) is 0 Å². The molecule has 1 aliphatic rings. The Balaban J connectivity index is 1.59. The molecule has 1 atom stereocenters. The maximum Gasteiger partial charge on any atom is 0.407 e. The molecule has 1 aliphatic heterocycles. The number of rotatable bonds is 5. The van der Waals surface area contributed by atoms with Gasteiger partial charge in [-0.15, -0.1) is 0 Å². The molecule has 4 rings (SSSR count). The van der Waals surface area contributed by atoms with Crippen LogP contribution in [-0.2, 0) is 4.74 Å². The van der Waals surface area contributed by atoms with Gasteiger partial charge in [-0.25, -0.2) is 14.8 Å². The van der Waals surface area contributed by atoms with Crippen LogP contribution in [0.1, 0.15) is 44.1 Å². The molecule has 10 nitrogen and oxygen atoms in total. The number of ether oxygens (including phenoxy) is 2. The first kappa shape index (κ1) is 24.8. The number of carbonyl (C=O) groups excluding carboxylic acids is 2. The van der Waals surface area contributed by atoms with E-state index in [0.717, 1.165) is 34.9 Å². The minimum atomic E-state index is -0.561. The first-order valence-electron chi connectivity index (χ1n) is 11.4. The maximum atomic E-state index is 12.9. The predicted octanol–water partition coefficient (Wildman–Crippen LogP) is 4.47. The minimum Gasteiger partial charge on any atom is -0.481 e. The Morgan fingerprint density at radius 3 is 2.83 bits per heavy atom. The van der Waals surface area contributed by atoms with Gasteiger partial charge in [-0.2, -0.15) is 0 Å². The zero-order valence-electron chi connectivity index (χ0n) is 20.1. The molecule has 11 heteroatoms. The summed E-state index contributed by atoms with van der Waals surface area (Å²) in [6, 6.07) is 4.94. The van der Waals surface area contributed by atoms with Crippen molar-refractivity contribution in [1.29, 1.82) is 0 Å². The van der Waals surface area contributed by atoms with Crippen molar-refractivity contribution < 1.29 is 19.1 Å². The summed E-state index contributed by atoms with van der Waals surface area (Å²) in [7, 11) is 1.50. The van der Waals surface area contributed by atoms with Crippen LogP contribution >= 0.6 is 15.9 Å². The monoisotopic (exact) mass is 544 g/mol. The molecular formula is C24H29BrN6O4. The van der Waals surface area contributed by atoms with Gasteiger partial charge in [0.05, 0.1) is 28.3 Å². The average Bonchev–Trinajstić information content (AvgIpc) is 3.20. The van der Waals surface area contributed by atoms with Gasteiger partial charge < -0.3 is 30.0 Å². The van der Waals surface area contributed by atoms with Gasteiger partial charge >= 0.3 is 6.09 Å². The molecule has 0 aromatic carbocycles. The topological polar surface area (TPSA) is 121 Å². The summed E-state index contributed by atoms with van der Waals surface area (Å²) in [5.74, 6) is -0.00244. The Labute approximate surface area is 211 Å². The Morgan fingerprint density at radius 1 is 1.29 bits per heavy atom. The molecule has 0 saturated carbocycles. The number of hydrogen-bond donors (Lipinski definition) is 3. The van der Waals surface area contributed by atoms with Gasteiger partial charge in [0.15, 0.2) is 0 Å². The van der Waals surface area contributed by atoms with Crippen molar-refractivity contribution in [1.82, 2.24) is 20.3 Å². The Bertz CT molecular complexity index is 1240. The molecule has 2 amide bonds. The lowest BCUT2D eigenvalue weighted by Gasteiger charge is -2.36. The van der Waals surface area contributed by atoms with Crippen LogP contribution in [0.15, 0.2) is 35.1 Å². The quantitative estimate of drug-likeness (QED) is 0.433. The van der Waals surface area contributed by atoms with E-state index in [1.807, 2.05) is 20.8 Å². The maximum absolute atomic E-state index is 12.9. The van der Waals surface area contributed by atoms with E-state index in [0.29, 0.717) is 23.8 Å². The molecule has 1 fully saturated rings. The molecule has 35 heavy (non-hydrogen) atoms. The second kappa shape index (κ2) is 10.1. The second-order valence-electron chi connectivity index (χ2n) is 9.33. The first-order valence-corrected chi connectivity index (χ1v) is 12.2. The van der Waals surface area contributed by atoms with E-state index in [-0.39, 0.29) is 17.6 Å². The summed E-state index contributed by atoms with van der Waals surface area (Å²) in [5.41, 5.74) is 1.79. The highest BCUT2D eigenvalue weighted by Gasteiger charge is 2.28. The normalized spacial score (nSPS) is 16.1. The molecule has 3 aromatic rings. The van der Waals surface area contributed by atoms with Gasteiger partial charge in [-0.05, 0) is 55.6 Å². The molecule has 0 aliphatic carbocycles. The van der Waals surface area contributed by atoms with Crippen molar-refractivity contribution in [2.75, 3.05) is 30.4 Å². The number of anilines is 2. The van der Waals surface area contributed by atoms with Crippen LogP contribution in [0.4, 0.5) is 16.2 Å². The van der Waals surface area contributed by atoms with Crippen molar-refractivity contribution in [3.05, 3.63) is 40.8 Å². The average molecular weight is 545 g/mol. The van der Waals surface area contributed by atoms with Crippen LogP contribution in [0.3, 0.4) is 0 Å². The van der Waals surface area contributed by atoms with E-state index in [1.165, 1.54) is 7.11 Å². The van der Waals surface area contributed by atoms with E-state index >= 15 is 0 Å². The molecule has 3 N–H and O–H groups in total. The first-order chi connectivity index (χ1) is 16.6. The van der Waals surface area contributed by atoms with Gasteiger partial charge in [-0.1, -0.05) is 6.07 Å². The van der Waals surface area contributed by atoms with Gasteiger partial charge in [0.1, 0.15) is 16.9 Å². The van der Waals surface area contributed by atoms with Gasteiger partial charge in [0.2, 0.25) is 5.88 Å². The summed E-state index contributed by atoms with van der Waals surface area (Å²) in [4.78, 5) is 39.3. The van der Waals surface area contributed by atoms with Crippen molar-refractivity contribution >= 4 is 50.3 Å². The van der Waals surface area contributed by atoms with Gasteiger partial charge in [0, 0.05) is 37.6 Å². The lowest BCUT2D eigenvalue weighted by molar-refractivity contribution is 0.0500. The summed E-state index contributed by atoms with van der Waals surface area (Å²) in [5, 5.41) is 6.70. The summed E-state index contributed by atoms with van der Waals surface area (Å²) >= 11 is 3.64. The molecule has 0 unspecified atom stereocenters. The van der Waals surface area contributed by atoms with Crippen LogP contribution in [0.25, 0.3) is 11.0 Å². The number of halogens is 1. The van der Waals surface area contributed by atoms with E-state index in [1.54, 1.807) is 30.6 Å². The number of piperidine rings is 1. The number of hydrogen-bond acceptors (Lipinski definition) is 7. The third-order valence-electron chi connectivity index (χ3n) is 5.50. The molecule has 1 saturated heterocycles. The third-order valence-corrected chi connectivity index (χ3v) is 6.08. The third kappa shape index (κ3) is 5.84. The van der Waals surface area contributed by atoms with Gasteiger partial charge in [0.25, 0.3) is 5.91 Å². The fourth-order valence-electron chi connectivity index (χ4n) is 4.08. The number of carbonyl (C=O) groups is 2. The smallest absolute Gasteiger partial charge is 0.407 e. The molecule has 0 spiro atoms. The van der Waals surface area contributed by atoms with Crippen molar-refractivity contribution in [3.8, 4) is 5.88 Å². The van der Waals surface area contributed by atoms with E-state index in [2.05, 4.69) is 46.4 Å². The largest absolute Gasteiger partial charge is 0.481 e. The molecule has 0 radical (unpaired) electrons. The Hall–Kier alpha value is -3.34. The number of nitrogens with zero attached hydrogens (tertiary/aromatic N) is 3. The van der Waals surface area contributed by atoms with Crippen LogP contribution in [-0.4, -0.2) is 58.8 Å². The number of amides is 2. The van der Waals surface area contributed by atoms with Crippen molar-refractivity contribution in [3.63, 3.8) is 0 Å². The zero-order valence-corrected chi connectivity index (χ0v) is 21.7. The number of pyridine rings is 2. The number of fused-ring (bicyclic) bond motifs is 1. The number of H-pyrrole nitrogens is 1. The summed E-state index contributed by atoms with van der Waals surface area (Å²) in [6.07, 6.45) is 4.75. The standard InChI is InChI=1S/C24H29BrN6O4/c1-24(2,3)35-23(33)28-14-7-6-10-31(13-14)20-15(25)11-26-21-19(20)17(12-27-21)30-22(32)16-8-5-9-18(29-16)34-4/h5,8-9,11-12,14H,6-7,10,13H2,1-4H3,(H,26,27)(H,28,33)(H,30,32)/t14-/m1/s1. The lowest BCUT2D eigenvalue weighted by Crippen LogP contribution is -2.49. The van der Waals surface area contributed by atoms with Gasteiger partial charge in [-0.3, -0.25) is 4.79 Å². The SMILES string of the molecule is COc1cccc(C(=O)Nc2c[nH]c3ncc(Br)c(N4CCC[C@@H](NC(=O)OC(C)(C)C)C4)c23)n1. The van der Waals surface area contributed by atoms with E-state index in [4.69, 9.17) is 9.47 Å². The highest BCUT2D eigenvalue weighted by molar-refractivity contribution is 9.10. The molecular weight excluding hydrogens is 516 g/mol. The number of alkyl carbamates (subject to hydrolysis) is 1. The second-order valence-corrected chi connectivity index (χ2v) is 10.2. The number of methoxy groups -OCH3 is 1. The molecule has 186 valence electrons.